The highest BCUT2D eigenvalue weighted by Gasteiger charge is 2.44. The summed E-state index contributed by atoms with van der Waals surface area (Å²) in [5.74, 6) is -0.456. The van der Waals surface area contributed by atoms with Crippen molar-refractivity contribution in [2.75, 3.05) is 32.1 Å². The van der Waals surface area contributed by atoms with Crippen LogP contribution in [0.15, 0.2) is 42.1 Å². The maximum Gasteiger partial charge on any atom is 0.282 e. The van der Waals surface area contributed by atoms with Crippen molar-refractivity contribution in [1.82, 2.24) is 9.80 Å². The summed E-state index contributed by atoms with van der Waals surface area (Å²) in [6, 6.07) is 12.2. The first kappa shape index (κ1) is 22.3. The van der Waals surface area contributed by atoms with Crippen molar-refractivity contribution in [3.8, 4) is 0 Å². The maximum absolute atomic E-state index is 13.9. The van der Waals surface area contributed by atoms with Crippen LogP contribution in [0.1, 0.15) is 40.7 Å². The molecule has 0 saturated carbocycles. The third-order valence-electron chi connectivity index (χ3n) is 6.89. The van der Waals surface area contributed by atoms with Crippen LogP contribution in [0, 0.1) is 27.7 Å². The smallest absolute Gasteiger partial charge is 0.282 e. The number of hydrogen-bond donors (Lipinski definition) is 0. The molecule has 2 aliphatic heterocycles. The molecule has 2 heterocycles. The number of hydrogen-bond acceptors (Lipinski definition) is 4. The molecule has 168 valence electrons. The average molecular weight is 432 g/mol. The first-order valence-electron chi connectivity index (χ1n) is 11.4. The summed E-state index contributed by atoms with van der Waals surface area (Å²) in [6.45, 7) is 10.0. The number of imide groups is 1. The van der Waals surface area contributed by atoms with Crippen molar-refractivity contribution in [2.24, 2.45) is 0 Å². The lowest BCUT2D eigenvalue weighted by atomic mass is 9.96. The summed E-state index contributed by atoms with van der Waals surface area (Å²) < 4.78 is 0. The summed E-state index contributed by atoms with van der Waals surface area (Å²) in [4.78, 5) is 33.5. The summed E-state index contributed by atoms with van der Waals surface area (Å²) in [5.41, 5.74) is 6.74. The van der Waals surface area contributed by atoms with Gasteiger partial charge in [0.1, 0.15) is 5.70 Å². The molecular weight excluding hydrogens is 398 g/mol. The Kier molecular flexibility index (Phi) is 5.95. The number of carbonyl (C=O) groups excluding carboxylic acids is 2. The molecule has 1 saturated heterocycles. The number of aryl methyl sites for hydroxylation is 4. The molecule has 5 nitrogen and oxygen atoms in total. The second kappa shape index (κ2) is 8.55. The Balaban J connectivity index is 1.84. The van der Waals surface area contributed by atoms with Gasteiger partial charge in [-0.05, 0) is 83.4 Å². The zero-order valence-electron chi connectivity index (χ0n) is 20.0. The molecule has 0 atom stereocenters. The minimum Gasteiger partial charge on any atom is -0.366 e. The van der Waals surface area contributed by atoms with Gasteiger partial charge in [0.05, 0.1) is 11.3 Å². The van der Waals surface area contributed by atoms with Crippen LogP contribution < -0.4 is 4.90 Å². The minimum absolute atomic E-state index is 0.224. The second-order valence-corrected chi connectivity index (χ2v) is 9.42. The van der Waals surface area contributed by atoms with E-state index >= 15 is 0 Å². The minimum atomic E-state index is -0.233. The molecule has 0 bridgehead atoms. The highest BCUT2D eigenvalue weighted by molar-refractivity contribution is 6.45. The molecule has 0 aromatic heterocycles. The third kappa shape index (κ3) is 3.86. The third-order valence-corrected chi connectivity index (χ3v) is 6.89. The van der Waals surface area contributed by atoms with Crippen LogP contribution in [0.3, 0.4) is 0 Å². The molecule has 0 unspecified atom stereocenters. The van der Waals surface area contributed by atoms with Gasteiger partial charge in [-0.1, -0.05) is 41.5 Å². The van der Waals surface area contributed by atoms with Gasteiger partial charge < -0.3 is 9.80 Å². The Morgan fingerprint density at radius 3 is 2.03 bits per heavy atom. The number of likely N-dealkylation sites (N-methyl/N-ethyl adjacent to an activating group) is 1. The van der Waals surface area contributed by atoms with Gasteiger partial charge >= 0.3 is 0 Å². The number of rotatable bonds is 4. The van der Waals surface area contributed by atoms with Crippen molar-refractivity contribution in [3.63, 3.8) is 0 Å². The Morgan fingerprint density at radius 2 is 1.44 bits per heavy atom. The predicted octanol–water partition coefficient (Wildman–Crippen LogP) is 4.23. The SMILES string of the molecule is Cc1ccc(C2=C(N(C)C3CCN(C)CC3)C(=O)N(c3ccc(C)cc3C)C2=O)c(C)c1. The van der Waals surface area contributed by atoms with E-state index in [1.165, 1.54) is 4.90 Å². The number of anilines is 1. The molecule has 0 N–H and O–H groups in total. The summed E-state index contributed by atoms with van der Waals surface area (Å²) in [7, 11) is 4.11. The van der Waals surface area contributed by atoms with Gasteiger partial charge in [0.25, 0.3) is 11.8 Å². The molecule has 2 amide bonds. The lowest BCUT2D eigenvalue weighted by Crippen LogP contribution is -2.43. The first-order valence-corrected chi connectivity index (χ1v) is 11.4. The van der Waals surface area contributed by atoms with E-state index in [9.17, 15) is 9.59 Å². The molecule has 0 aliphatic carbocycles. The second-order valence-electron chi connectivity index (χ2n) is 9.42. The molecular formula is C27H33N3O2. The zero-order valence-corrected chi connectivity index (χ0v) is 20.0. The number of carbonyl (C=O) groups is 2. The Morgan fingerprint density at radius 1 is 0.844 bits per heavy atom. The van der Waals surface area contributed by atoms with Crippen LogP contribution in [0.4, 0.5) is 5.69 Å². The molecule has 2 aromatic rings. The zero-order chi connectivity index (χ0) is 23.2. The standard InChI is InChI=1S/C27H33N3O2/c1-17-7-9-22(19(3)15-17)24-25(29(6)21-11-13-28(5)14-12-21)27(32)30(26(24)31)23-10-8-18(2)16-20(23)4/h7-10,15-16,21H,11-14H2,1-6H3. The van der Waals surface area contributed by atoms with E-state index in [-0.39, 0.29) is 17.9 Å². The fraction of sp³-hybridized carbons (Fsp3) is 0.407. The lowest BCUT2D eigenvalue weighted by Gasteiger charge is -2.36. The normalized spacial score (nSPS) is 18.1. The van der Waals surface area contributed by atoms with E-state index in [0.717, 1.165) is 53.7 Å². The number of nitrogens with zero attached hydrogens (tertiary/aromatic N) is 3. The van der Waals surface area contributed by atoms with E-state index in [1.54, 1.807) is 0 Å². The van der Waals surface area contributed by atoms with E-state index in [0.29, 0.717) is 17.0 Å². The molecule has 0 spiro atoms. The molecule has 2 aliphatic rings. The van der Waals surface area contributed by atoms with Crippen LogP contribution in [-0.4, -0.2) is 54.8 Å². The van der Waals surface area contributed by atoms with E-state index in [2.05, 4.69) is 22.9 Å². The summed E-state index contributed by atoms with van der Waals surface area (Å²) in [5, 5.41) is 0. The number of piperidine rings is 1. The topological polar surface area (TPSA) is 43.9 Å². The van der Waals surface area contributed by atoms with Crippen molar-refractivity contribution in [2.45, 2.75) is 46.6 Å². The van der Waals surface area contributed by atoms with Gasteiger partial charge in [-0.15, -0.1) is 0 Å². The summed E-state index contributed by atoms with van der Waals surface area (Å²) >= 11 is 0. The molecule has 0 radical (unpaired) electrons. The van der Waals surface area contributed by atoms with Crippen molar-refractivity contribution < 1.29 is 9.59 Å². The van der Waals surface area contributed by atoms with Gasteiger partial charge in [0.15, 0.2) is 0 Å². The van der Waals surface area contributed by atoms with Gasteiger partial charge in [0.2, 0.25) is 0 Å². The quantitative estimate of drug-likeness (QED) is 0.680. The van der Waals surface area contributed by atoms with E-state index < -0.39 is 0 Å². The molecule has 2 aromatic carbocycles. The Bertz CT molecular complexity index is 1110. The van der Waals surface area contributed by atoms with Crippen LogP contribution in [-0.2, 0) is 9.59 Å². The average Bonchev–Trinajstić information content (AvgIpc) is 2.98. The Labute approximate surface area is 191 Å². The fourth-order valence-electron chi connectivity index (χ4n) is 5.02. The van der Waals surface area contributed by atoms with Crippen LogP contribution in [0.5, 0.6) is 0 Å². The summed E-state index contributed by atoms with van der Waals surface area (Å²) in [6.07, 6.45) is 1.95. The number of amides is 2. The van der Waals surface area contributed by atoms with Crippen LogP contribution >= 0.6 is 0 Å². The fourth-order valence-corrected chi connectivity index (χ4v) is 5.02. The largest absolute Gasteiger partial charge is 0.366 e. The van der Waals surface area contributed by atoms with Crippen molar-refractivity contribution in [1.29, 1.82) is 0 Å². The predicted molar refractivity (Wildman–Crippen MR) is 130 cm³/mol. The van der Waals surface area contributed by atoms with Gasteiger partial charge in [-0.2, -0.15) is 0 Å². The van der Waals surface area contributed by atoms with E-state index in [4.69, 9.17) is 0 Å². The van der Waals surface area contributed by atoms with Gasteiger partial charge in [0, 0.05) is 13.1 Å². The lowest BCUT2D eigenvalue weighted by molar-refractivity contribution is -0.120. The molecule has 32 heavy (non-hydrogen) atoms. The monoisotopic (exact) mass is 431 g/mol. The van der Waals surface area contributed by atoms with Crippen LogP contribution in [0.25, 0.3) is 5.57 Å². The Hall–Kier alpha value is -2.92. The molecule has 1 fully saturated rings. The van der Waals surface area contributed by atoms with E-state index in [1.807, 2.05) is 65.1 Å². The van der Waals surface area contributed by atoms with Crippen molar-refractivity contribution in [3.05, 3.63) is 69.9 Å². The number of benzene rings is 2. The maximum atomic E-state index is 13.9. The van der Waals surface area contributed by atoms with Crippen molar-refractivity contribution >= 4 is 23.1 Å². The number of likely N-dealkylation sites (tertiary alicyclic amines) is 1. The molecule has 5 heteroatoms. The highest BCUT2D eigenvalue weighted by Crippen LogP contribution is 2.38. The highest BCUT2D eigenvalue weighted by atomic mass is 16.2. The molecule has 4 rings (SSSR count). The van der Waals surface area contributed by atoms with Crippen LogP contribution in [0.2, 0.25) is 0 Å². The van der Waals surface area contributed by atoms with Gasteiger partial charge in [-0.25, -0.2) is 4.90 Å². The van der Waals surface area contributed by atoms with Gasteiger partial charge in [-0.3, -0.25) is 9.59 Å². The first-order chi connectivity index (χ1) is 15.2.